The average Bonchev–Trinajstić information content (AvgIpc) is 3.59. The molecule has 0 unspecified atom stereocenters. The van der Waals surface area contributed by atoms with E-state index in [1.54, 1.807) is 0 Å². The molecule has 0 saturated carbocycles. The quantitative estimate of drug-likeness (QED) is 0.162. The molecule has 0 N–H and O–H groups in total. The fourth-order valence-electron chi connectivity index (χ4n) is 8.01. The smallest absolute Gasteiger partial charge is 0.0541 e. The minimum Gasteiger partial charge on any atom is -0.310 e. The summed E-state index contributed by atoms with van der Waals surface area (Å²) in [5.74, 6) is 0. The highest BCUT2D eigenvalue weighted by Crippen LogP contribution is 2.44. The van der Waals surface area contributed by atoms with Crippen molar-refractivity contribution in [2.75, 3.05) is 4.90 Å². The van der Waals surface area contributed by atoms with Gasteiger partial charge in [0.05, 0.1) is 22.4 Å². The van der Waals surface area contributed by atoms with E-state index >= 15 is 0 Å². The lowest BCUT2D eigenvalue weighted by atomic mass is 9.98. The molecule has 9 aromatic carbocycles. The van der Waals surface area contributed by atoms with Gasteiger partial charge in [0, 0.05) is 33.3 Å². The fourth-order valence-corrected chi connectivity index (χ4v) is 8.01. The second kappa shape index (κ2) is 13.4. The molecule has 54 heavy (non-hydrogen) atoms. The molecule has 0 aliphatic heterocycles. The van der Waals surface area contributed by atoms with Gasteiger partial charge in [0.2, 0.25) is 0 Å². The van der Waals surface area contributed by atoms with Crippen molar-refractivity contribution in [1.29, 1.82) is 0 Å². The summed E-state index contributed by atoms with van der Waals surface area (Å²) in [5, 5.41) is 5.00. The van der Waals surface area contributed by atoms with E-state index in [9.17, 15) is 0 Å². The number of hydrogen-bond acceptors (Lipinski definition) is 1. The lowest BCUT2D eigenvalue weighted by Crippen LogP contribution is -2.11. The molecule has 0 radical (unpaired) electrons. The Morgan fingerprint density at radius 2 is 0.796 bits per heavy atom. The summed E-state index contributed by atoms with van der Waals surface area (Å²) in [6.07, 6.45) is 0. The lowest BCUT2D eigenvalue weighted by molar-refractivity contribution is 1.18. The molecule has 0 bridgehead atoms. The molecule has 0 aliphatic carbocycles. The first-order valence-corrected chi connectivity index (χ1v) is 18.5. The summed E-state index contributed by atoms with van der Waals surface area (Å²) in [7, 11) is 0. The molecule has 1 heterocycles. The Morgan fingerprint density at radius 3 is 1.48 bits per heavy atom. The number of aromatic nitrogens is 1. The number of nitrogens with zero attached hydrogens (tertiary/aromatic N) is 2. The number of fused-ring (bicyclic) bond motifs is 4. The van der Waals surface area contributed by atoms with E-state index in [-0.39, 0.29) is 0 Å². The molecule has 2 nitrogen and oxygen atoms in total. The number of hydrogen-bond donors (Lipinski definition) is 0. The van der Waals surface area contributed by atoms with Crippen LogP contribution in [-0.4, -0.2) is 4.57 Å². The van der Waals surface area contributed by atoms with Gasteiger partial charge >= 0.3 is 0 Å². The van der Waals surface area contributed by atoms with Crippen LogP contribution < -0.4 is 4.90 Å². The Morgan fingerprint density at radius 1 is 0.315 bits per heavy atom. The van der Waals surface area contributed by atoms with Gasteiger partial charge in [0.25, 0.3) is 0 Å². The van der Waals surface area contributed by atoms with E-state index in [0.717, 1.165) is 28.3 Å². The van der Waals surface area contributed by atoms with Gasteiger partial charge in [-0.1, -0.05) is 164 Å². The molecule has 0 saturated heterocycles. The zero-order valence-electron chi connectivity index (χ0n) is 29.7. The van der Waals surface area contributed by atoms with Gasteiger partial charge in [0.15, 0.2) is 0 Å². The standard InChI is InChI=1S/C52H36N2/c1-2-14-37(15-3-1)39-28-32-43(33-29-39)53(44-34-30-40(31-35-44)42-27-26-38-16-4-5-17-41(38)36-42)49-22-10-6-18-45(49)46-19-7-11-23-50(46)54-51-24-12-8-20-47(51)48-21-9-13-25-52(48)54/h1-36H. The number of benzene rings is 9. The van der Waals surface area contributed by atoms with Crippen LogP contribution >= 0.6 is 0 Å². The minimum atomic E-state index is 1.09. The Bertz CT molecular complexity index is 2870. The van der Waals surface area contributed by atoms with Crippen molar-refractivity contribution >= 4 is 49.6 Å². The molecule has 0 spiro atoms. The summed E-state index contributed by atoms with van der Waals surface area (Å²) >= 11 is 0. The molecule has 254 valence electrons. The van der Waals surface area contributed by atoms with Crippen molar-refractivity contribution in [3.8, 4) is 39.1 Å². The Kier molecular flexibility index (Phi) is 7.85. The first-order chi connectivity index (χ1) is 26.8. The van der Waals surface area contributed by atoms with Crippen LogP contribution in [0.5, 0.6) is 0 Å². The van der Waals surface area contributed by atoms with Crippen LogP contribution in [0.2, 0.25) is 0 Å². The molecular formula is C52H36N2. The fraction of sp³-hybridized carbons (Fsp3) is 0. The SMILES string of the molecule is c1ccc(-c2ccc(N(c3ccc(-c4ccc5ccccc5c4)cc3)c3ccccc3-c3ccccc3-n3c4ccccc4c4ccccc43)cc2)cc1. The lowest BCUT2D eigenvalue weighted by Gasteiger charge is -2.29. The second-order valence-electron chi connectivity index (χ2n) is 13.8. The third kappa shape index (κ3) is 5.53. The summed E-state index contributed by atoms with van der Waals surface area (Å²) in [6.45, 7) is 0. The molecule has 0 amide bonds. The van der Waals surface area contributed by atoms with Crippen LogP contribution in [0, 0.1) is 0 Å². The van der Waals surface area contributed by atoms with E-state index < -0.39 is 0 Å². The molecule has 1 aromatic heterocycles. The van der Waals surface area contributed by atoms with Crippen molar-refractivity contribution in [3.05, 3.63) is 218 Å². The normalized spacial score (nSPS) is 11.3. The maximum Gasteiger partial charge on any atom is 0.0541 e. The van der Waals surface area contributed by atoms with Gasteiger partial charge in [-0.25, -0.2) is 0 Å². The van der Waals surface area contributed by atoms with Crippen LogP contribution in [0.3, 0.4) is 0 Å². The van der Waals surface area contributed by atoms with Gasteiger partial charge in [-0.05, 0) is 87.6 Å². The average molecular weight is 689 g/mol. The highest BCUT2D eigenvalue weighted by atomic mass is 15.1. The Balaban J connectivity index is 1.14. The van der Waals surface area contributed by atoms with Gasteiger partial charge in [0.1, 0.15) is 0 Å². The van der Waals surface area contributed by atoms with Crippen LogP contribution in [0.1, 0.15) is 0 Å². The van der Waals surface area contributed by atoms with Crippen molar-refractivity contribution < 1.29 is 0 Å². The van der Waals surface area contributed by atoms with Crippen molar-refractivity contribution in [1.82, 2.24) is 4.57 Å². The van der Waals surface area contributed by atoms with E-state index in [1.807, 2.05) is 0 Å². The maximum absolute atomic E-state index is 2.42. The summed E-state index contributed by atoms with van der Waals surface area (Å²) in [5.41, 5.74) is 13.9. The Labute approximate surface area is 315 Å². The molecular weight excluding hydrogens is 653 g/mol. The van der Waals surface area contributed by atoms with E-state index in [0.29, 0.717) is 0 Å². The summed E-state index contributed by atoms with van der Waals surface area (Å²) < 4.78 is 2.42. The largest absolute Gasteiger partial charge is 0.310 e. The molecule has 0 atom stereocenters. The van der Waals surface area contributed by atoms with Crippen LogP contribution in [0.4, 0.5) is 17.1 Å². The molecule has 2 heteroatoms. The van der Waals surface area contributed by atoms with Gasteiger partial charge < -0.3 is 9.47 Å². The third-order valence-corrected chi connectivity index (χ3v) is 10.6. The topological polar surface area (TPSA) is 8.17 Å². The monoisotopic (exact) mass is 688 g/mol. The van der Waals surface area contributed by atoms with Crippen molar-refractivity contribution in [3.63, 3.8) is 0 Å². The van der Waals surface area contributed by atoms with Gasteiger partial charge in [-0.3, -0.25) is 0 Å². The Hall–Kier alpha value is -7.16. The highest BCUT2D eigenvalue weighted by molar-refractivity contribution is 6.10. The molecule has 10 rings (SSSR count). The zero-order valence-corrected chi connectivity index (χ0v) is 29.7. The van der Waals surface area contributed by atoms with Gasteiger partial charge in [-0.15, -0.1) is 0 Å². The first-order valence-electron chi connectivity index (χ1n) is 18.5. The minimum absolute atomic E-state index is 1.09. The molecule has 0 fully saturated rings. The maximum atomic E-state index is 2.42. The summed E-state index contributed by atoms with van der Waals surface area (Å²) in [4.78, 5) is 2.40. The van der Waals surface area contributed by atoms with E-state index in [2.05, 4.69) is 228 Å². The zero-order chi connectivity index (χ0) is 35.8. The second-order valence-corrected chi connectivity index (χ2v) is 13.8. The van der Waals surface area contributed by atoms with Crippen LogP contribution in [0.15, 0.2) is 218 Å². The van der Waals surface area contributed by atoms with Gasteiger partial charge in [-0.2, -0.15) is 0 Å². The number of para-hydroxylation sites is 4. The molecule has 10 aromatic rings. The van der Waals surface area contributed by atoms with Crippen LogP contribution in [0.25, 0.3) is 71.6 Å². The first kappa shape index (κ1) is 31.6. The predicted octanol–water partition coefficient (Wildman–Crippen LogP) is 14.4. The predicted molar refractivity (Wildman–Crippen MR) is 229 cm³/mol. The number of rotatable bonds is 7. The van der Waals surface area contributed by atoms with Crippen molar-refractivity contribution in [2.45, 2.75) is 0 Å². The number of anilines is 3. The highest BCUT2D eigenvalue weighted by Gasteiger charge is 2.21. The van der Waals surface area contributed by atoms with Crippen LogP contribution in [-0.2, 0) is 0 Å². The molecule has 0 aliphatic rings. The van der Waals surface area contributed by atoms with Crippen molar-refractivity contribution in [2.24, 2.45) is 0 Å². The van der Waals surface area contributed by atoms with E-state index in [4.69, 9.17) is 0 Å². The third-order valence-electron chi connectivity index (χ3n) is 10.6. The summed E-state index contributed by atoms with van der Waals surface area (Å²) in [6, 6.07) is 78.9. The van der Waals surface area contributed by atoms with E-state index in [1.165, 1.54) is 60.4 Å².